The molecule has 2 heterocycles. The van der Waals surface area contributed by atoms with Crippen LogP contribution in [-0.4, -0.2) is 29.2 Å². The minimum absolute atomic E-state index is 0.326. The van der Waals surface area contributed by atoms with Crippen molar-refractivity contribution < 1.29 is 4.74 Å². The van der Waals surface area contributed by atoms with Gasteiger partial charge in [0.1, 0.15) is 6.61 Å². The summed E-state index contributed by atoms with van der Waals surface area (Å²) in [7, 11) is 0. The molecule has 3 rings (SSSR count). The Morgan fingerprint density at radius 3 is 2.78 bits per heavy atom. The number of halogens is 1. The second-order valence-electron chi connectivity index (χ2n) is 4.41. The van der Waals surface area contributed by atoms with E-state index in [0.717, 1.165) is 24.0 Å². The molecule has 1 fully saturated rings. The van der Waals surface area contributed by atoms with Crippen LogP contribution in [0.1, 0.15) is 12.8 Å². The van der Waals surface area contributed by atoms with Gasteiger partial charge in [0.25, 0.3) is 5.88 Å². The maximum absolute atomic E-state index is 6.07. The summed E-state index contributed by atoms with van der Waals surface area (Å²) in [6.45, 7) is 1.65. The van der Waals surface area contributed by atoms with Gasteiger partial charge in [0.05, 0.1) is 11.0 Å². The lowest BCUT2D eigenvalue weighted by Gasteiger charge is -2.12. The molecule has 1 saturated heterocycles. The summed E-state index contributed by atoms with van der Waals surface area (Å²) >= 11 is 6.07. The number of benzene rings is 1. The zero-order valence-corrected chi connectivity index (χ0v) is 10.7. The zero-order valence-electron chi connectivity index (χ0n) is 9.90. The molecular formula is C13H14ClN3O. The maximum Gasteiger partial charge on any atom is 0.252 e. The van der Waals surface area contributed by atoms with E-state index in [9.17, 15) is 0 Å². The summed E-state index contributed by atoms with van der Waals surface area (Å²) in [5.74, 6) is 0.420. The Morgan fingerprint density at radius 2 is 2.06 bits per heavy atom. The van der Waals surface area contributed by atoms with Crippen LogP contribution in [0.2, 0.25) is 5.15 Å². The van der Waals surface area contributed by atoms with Gasteiger partial charge in [-0.2, -0.15) is 0 Å². The summed E-state index contributed by atoms with van der Waals surface area (Å²) in [6, 6.07) is 8.02. The van der Waals surface area contributed by atoms with Crippen LogP contribution in [0.5, 0.6) is 5.88 Å². The molecular weight excluding hydrogens is 250 g/mol. The van der Waals surface area contributed by atoms with Crippen molar-refractivity contribution in [3.63, 3.8) is 0 Å². The van der Waals surface area contributed by atoms with Crippen LogP contribution < -0.4 is 10.1 Å². The summed E-state index contributed by atoms with van der Waals surface area (Å²) in [4.78, 5) is 8.67. The highest BCUT2D eigenvalue weighted by molar-refractivity contribution is 6.31. The highest BCUT2D eigenvalue weighted by atomic mass is 35.5. The molecule has 1 atom stereocenters. The van der Waals surface area contributed by atoms with Crippen LogP contribution in [0, 0.1) is 0 Å². The first kappa shape index (κ1) is 11.7. The van der Waals surface area contributed by atoms with Crippen LogP contribution in [-0.2, 0) is 0 Å². The van der Waals surface area contributed by atoms with E-state index in [4.69, 9.17) is 16.3 Å². The van der Waals surface area contributed by atoms with E-state index < -0.39 is 0 Å². The number of ether oxygens (including phenoxy) is 1. The normalized spacial score (nSPS) is 19.3. The predicted octanol–water partition coefficient (Wildman–Crippen LogP) is 2.41. The van der Waals surface area contributed by atoms with E-state index in [1.165, 1.54) is 6.42 Å². The van der Waals surface area contributed by atoms with E-state index in [1.807, 2.05) is 24.3 Å². The van der Waals surface area contributed by atoms with Gasteiger partial charge < -0.3 is 10.1 Å². The van der Waals surface area contributed by atoms with E-state index in [1.54, 1.807) is 0 Å². The van der Waals surface area contributed by atoms with E-state index in [2.05, 4.69) is 15.3 Å². The third-order valence-corrected chi connectivity index (χ3v) is 3.33. The van der Waals surface area contributed by atoms with E-state index >= 15 is 0 Å². The lowest BCUT2D eigenvalue weighted by atomic mass is 10.2. The van der Waals surface area contributed by atoms with Crippen molar-refractivity contribution in [3.05, 3.63) is 29.4 Å². The summed E-state index contributed by atoms with van der Waals surface area (Å²) in [6.07, 6.45) is 2.34. The third kappa shape index (κ3) is 2.40. The predicted molar refractivity (Wildman–Crippen MR) is 71.1 cm³/mol. The van der Waals surface area contributed by atoms with Crippen molar-refractivity contribution in [2.45, 2.75) is 18.9 Å². The Hall–Kier alpha value is -1.39. The van der Waals surface area contributed by atoms with Gasteiger partial charge in [-0.1, -0.05) is 23.7 Å². The minimum atomic E-state index is 0.326. The van der Waals surface area contributed by atoms with Crippen molar-refractivity contribution in [2.24, 2.45) is 0 Å². The topological polar surface area (TPSA) is 47.0 Å². The smallest absolute Gasteiger partial charge is 0.252 e. The molecule has 94 valence electrons. The van der Waals surface area contributed by atoms with Gasteiger partial charge in [0.15, 0.2) is 5.15 Å². The average Bonchev–Trinajstić information content (AvgIpc) is 2.89. The molecule has 0 radical (unpaired) electrons. The van der Waals surface area contributed by atoms with Crippen LogP contribution in [0.3, 0.4) is 0 Å². The van der Waals surface area contributed by atoms with Gasteiger partial charge >= 0.3 is 0 Å². The first-order valence-corrected chi connectivity index (χ1v) is 6.49. The Bertz CT molecular complexity index is 555. The third-order valence-electron chi connectivity index (χ3n) is 3.08. The van der Waals surface area contributed by atoms with Crippen LogP contribution in [0.4, 0.5) is 0 Å². The summed E-state index contributed by atoms with van der Waals surface area (Å²) in [5.41, 5.74) is 1.59. The summed E-state index contributed by atoms with van der Waals surface area (Å²) in [5, 5.41) is 3.69. The average molecular weight is 264 g/mol. The molecule has 18 heavy (non-hydrogen) atoms. The van der Waals surface area contributed by atoms with Crippen molar-refractivity contribution in [3.8, 4) is 5.88 Å². The molecule has 0 aliphatic carbocycles. The lowest BCUT2D eigenvalue weighted by Crippen LogP contribution is -2.28. The number of aromatic nitrogens is 2. The summed E-state index contributed by atoms with van der Waals surface area (Å²) < 4.78 is 5.66. The zero-order chi connectivity index (χ0) is 12.4. The molecule has 0 unspecified atom stereocenters. The first-order valence-electron chi connectivity index (χ1n) is 6.11. The largest absolute Gasteiger partial charge is 0.474 e. The Morgan fingerprint density at radius 1 is 1.28 bits per heavy atom. The number of fused-ring (bicyclic) bond motifs is 1. The van der Waals surface area contributed by atoms with Crippen molar-refractivity contribution in [2.75, 3.05) is 13.2 Å². The molecule has 4 nitrogen and oxygen atoms in total. The van der Waals surface area contributed by atoms with Gasteiger partial charge in [-0.3, -0.25) is 0 Å². The second-order valence-corrected chi connectivity index (χ2v) is 4.77. The number of nitrogens with one attached hydrogen (secondary N) is 1. The molecule has 2 aromatic rings. The van der Waals surface area contributed by atoms with Crippen LogP contribution in [0.25, 0.3) is 11.0 Å². The van der Waals surface area contributed by atoms with Crippen molar-refractivity contribution >= 4 is 22.6 Å². The molecule has 1 N–H and O–H groups in total. The van der Waals surface area contributed by atoms with Gasteiger partial charge in [-0.25, -0.2) is 9.97 Å². The monoisotopic (exact) mass is 263 g/mol. The molecule has 0 saturated carbocycles. The fourth-order valence-electron chi connectivity index (χ4n) is 2.13. The molecule has 1 aromatic carbocycles. The highest BCUT2D eigenvalue weighted by Gasteiger charge is 2.16. The van der Waals surface area contributed by atoms with Crippen molar-refractivity contribution in [1.82, 2.24) is 15.3 Å². The van der Waals surface area contributed by atoms with Crippen LogP contribution >= 0.6 is 11.6 Å². The second kappa shape index (κ2) is 5.08. The molecule has 5 heteroatoms. The molecule has 0 bridgehead atoms. The number of hydrogen-bond donors (Lipinski definition) is 1. The highest BCUT2D eigenvalue weighted by Crippen LogP contribution is 2.23. The fraction of sp³-hybridized carbons (Fsp3) is 0.385. The Kier molecular flexibility index (Phi) is 3.30. The van der Waals surface area contributed by atoms with Gasteiger partial charge in [-0.05, 0) is 31.5 Å². The number of hydrogen-bond acceptors (Lipinski definition) is 4. The van der Waals surface area contributed by atoms with Crippen molar-refractivity contribution in [1.29, 1.82) is 0 Å². The molecule has 1 aliphatic heterocycles. The van der Waals surface area contributed by atoms with Crippen LogP contribution in [0.15, 0.2) is 24.3 Å². The molecule has 1 aliphatic rings. The first-order chi connectivity index (χ1) is 8.83. The quantitative estimate of drug-likeness (QED) is 0.924. The number of nitrogens with zero attached hydrogens (tertiary/aromatic N) is 2. The Labute approximate surface area is 110 Å². The van der Waals surface area contributed by atoms with Gasteiger partial charge in [0.2, 0.25) is 0 Å². The maximum atomic E-state index is 6.07. The number of rotatable bonds is 3. The fourth-order valence-corrected chi connectivity index (χ4v) is 2.32. The van der Waals surface area contributed by atoms with Gasteiger partial charge in [0, 0.05) is 6.04 Å². The molecule has 0 amide bonds. The number of para-hydroxylation sites is 2. The lowest BCUT2D eigenvalue weighted by molar-refractivity contribution is 0.267. The van der Waals surface area contributed by atoms with E-state index in [-0.39, 0.29) is 0 Å². The molecule has 1 aromatic heterocycles. The van der Waals surface area contributed by atoms with E-state index in [0.29, 0.717) is 23.7 Å². The minimum Gasteiger partial charge on any atom is -0.474 e. The Balaban J connectivity index is 1.80. The molecule has 0 spiro atoms. The standard InChI is InChI=1S/C13H14ClN3O/c14-12-13(18-8-9-4-3-7-15-9)17-11-6-2-1-5-10(11)16-12/h1-2,5-6,9,15H,3-4,7-8H2/t9-/m1/s1. The SMILES string of the molecule is Clc1nc2ccccc2nc1OC[C@H]1CCCN1. The van der Waals surface area contributed by atoms with Gasteiger partial charge in [-0.15, -0.1) is 0 Å².